The van der Waals surface area contributed by atoms with Crippen molar-refractivity contribution >= 4 is 5.91 Å². The Hall–Kier alpha value is -0.530. The fraction of sp³-hybridized carbons (Fsp3) is 0.857. The fourth-order valence-corrected chi connectivity index (χ4v) is 1.13. The van der Waals surface area contributed by atoms with Crippen LogP contribution < -0.4 is 0 Å². The molecule has 0 saturated carbocycles. The molecule has 1 atom stereocenters. The lowest BCUT2D eigenvalue weighted by Crippen LogP contribution is -2.51. The number of likely N-dealkylation sites (tertiary alicyclic amines) is 1. The van der Waals surface area contributed by atoms with Gasteiger partial charge >= 0.3 is 0 Å². The monoisotopic (exact) mass is 127 g/mol. The number of hydrogen-bond donors (Lipinski definition) is 0. The molecule has 1 amide bonds. The highest BCUT2D eigenvalue weighted by Gasteiger charge is 2.35. The SMILES string of the molecule is CC(C)C1CN(C)C1=O. The van der Waals surface area contributed by atoms with Crippen LogP contribution in [-0.4, -0.2) is 24.4 Å². The molecule has 0 spiro atoms. The lowest BCUT2D eigenvalue weighted by atomic mass is 9.88. The van der Waals surface area contributed by atoms with Gasteiger partial charge in [0.15, 0.2) is 0 Å². The molecule has 9 heavy (non-hydrogen) atoms. The van der Waals surface area contributed by atoms with Crippen molar-refractivity contribution in [3.8, 4) is 0 Å². The maximum absolute atomic E-state index is 10.9. The first kappa shape index (κ1) is 6.59. The van der Waals surface area contributed by atoms with Crippen molar-refractivity contribution in [1.29, 1.82) is 0 Å². The first-order valence-corrected chi connectivity index (χ1v) is 3.38. The van der Waals surface area contributed by atoms with Crippen LogP contribution in [0.4, 0.5) is 0 Å². The Morgan fingerprint density at radius 2 is 2.22 bits per heavy atom. The van der Waals surface area contributed by atoms with Gasteiger partial charge in [-0.15, -0.1) is 0 Å². The van der Waals surface area contributed by atoms with Crippen LogP contribution >= 0.6 is 0 Å². The van der Waals surface area contributed by atoms with E-state index < -0.39 is 0 Å². The molecule has 1 rings (SSSR count). The molecular weight excluding hydrogens is 114 g/mol. The van der Waals surface area contributed by atoms with Gasteiger partial charge in [-0.1, -0.05) is 13.8 Å². The molecule has 1 aliphatic rings. The average Bonchev–Trinajstić information content (AvgIpc) is 1.81. The summed E-state index contributed by atoms with van der Waals surface area (Å²) in [6.45, 7) is 5.14. The third-order valence-electron chi connectivity index (χ3n) is 1.97. The van der Waals surface area contributed by atoms with Gasteiger partial charge in [-0.25, -0.2) is 0 Å². The Bertz CT molecular complexity index is 131. The molecular formula is C7H13NO. The largest absolute Gasteiger partial charge is 0.345 e. The van der Waals surface area contributed by atoms with Crippen molar-refractivity contribution < 1.29 is 4.79 Å². The fourth-order valence-electron chi connectivity index (χ4n) is 1.13. The van der Waals surface area contributed by atoms with E-state index >= 15 is 0 Å². The third kappa shape index (κ3) is 0.934. The standard InChI is InChI=1S/C7H13NO/c1-5(2)6-4-8(3)7(6)9/h5-6H,4H2,1-3H3. The zero-order valence-corrected chi connectivity index (χ0v) is 6.22. The van der Waals surface area contributed by atoms with Crippen LogP contribution in [-0.2, 0) is 4.79 Å². The average molecular weight is 127 g/mol. The van der Waals surface area contributed by atoms with Gasteiger partial charge in [0.2, 0.25) is 5.91 Å². The van der Waals surface area contributed by atoms with E-state index in [2.05, 4.69) is 13.8 Å². The Balaban J connectivity index is 2.42. The Labute approximate surface area is 55.8 Å². The number of hydrogen-bond acceptors (Lipinski definition) is 1. The summed E-state index contributed by atoms with van der Waals surface area (Å²) in [6, 6.07) is 0. The summed E-state index contributed by atoms with van der Waals surface area (Å²) in [7, 11) is 1.85. The molecule has 0 bridgehead atoms. The Morgan fingerprint density at radius 3 is 2.33 bits per heavy atom. The summed E-state index contributed by atoms with van der Waals surface area (Å²) in [5, 5.41) is 0. The molecule has 0 radical (unpaired) electrons. The van der Waals surface area contributed by atoms with Crippen LogP contribution in [0.2, 0.25) is 0 Å². The summed E-state index contributed by atoms with van der Waals surface area (Å²) in [5.41, 5.74) is 0. The van der Waals surface area contributed by atoms with Crippen molar-refractivity contribution in [1.82, 2.24) is 4.90 Å². The van der Waals surface area contributed by atoms with Gasteiger partial charge in [-0.05, 0) is 5.92 Å². The zero-order chi connectivity index (χ0) is 7.02. The normalized spacial score (nSPS) is 26.9. The second kappa shape index (κ2) is 2.01. The highest BCUT2D eigenvalue weighted by Crippen LogP contribution is 2.22. The summed E-state index contributed by atoms with van der Waals surface area (Å²) >= 11 is 0. The predicted molar refractivity (Wildman–Crippen MR) is 36.0 cm³/mol. The van der Waals surface area contributed by atoms with Gasteiger partial charge in [0.25, 0.3) is 0 Å². The molecule has 0 N–H and O–H groups in total. The van der Waals surface area contributed by atoms with Gasteiger partial charge in [0, 0.05) is 13.6 Å². The highest BCUT2D eigenvalue weighted by molar-refractivity contribution is 5.84. The molecule has 0 aliphatic carbocycles. The minimum atomic E-state index is 0.310. The molecule has 1 fully saturated rings. The summed E-state index contributed by atoms with van der Waals surface area (Å²) < 4.78 is 0. The van der Waals surface area contributed by atoms with Crippen molar-refractivity contribution in [2.75, 3.05) is 13.6 Å². The van der Waals surface area contributed by atoms with Crippen LogP contribution in [0.3, 0.4) is 0 Å². The highest BCUT2D eigenvalue weighted by atomic mass is 16.2. The zero-order valence-electron chi connectivity index (χ0n) is 6.22. The molecule has 1 saturated heterocycles. The van der Waals surface area contributed by atoms with Crippen LogP contribution in [0.1, 0.15) is 13.8 Å². The summed E-state index contributed by atoms with van der Waals surface area (Å²) in [4.78, 5) is 12.7. The number of rotatable bonds is 1. The van der Waals surface area contributed by atoms with Crippen LogP contribution in [0, 0.1) is 11.8 Å². The maximum atomic E-state index is 10.9. The molecule has 0 aromatic rings. The topological polar surface area (TPSA) is 20.3 Å². The van der Waals surface area contributed by atoms with E-state index in [1.54, 1.807) is 4.90 Å². The summed E-state index contributed by atoms with van der Waals surface area (Å²) in [5.74, 6) is 1.15. The second-order valence-electron chi connectivity index (χ2n) is 3.07. The van der Waals surface area contributed by atoms with Crippen molar-refractivity contribution in [2.24, 2.45) is 11.8 Å². The van der Waals surface area contributed by atoms with E-state index in [4.69, 9.17) is 0 Å². The number of β-lactam (4-membered cyclic amide) rings is 1. The lowest BCUT2D eigenvalue weighted by molar-refractivity contribution is -0.147. The lowest BCUT2D eigenvalue weighted by Gasteiger charge is -2.37. The van der Waals surface area contributed by atoms with Crippen LogP contribution in [0.5, 0.6) is 0 Å². The Kier molecular flexibility index (Phi) is 1.47. The molecule has 1 aliphatic heterocycles. The number of nitrogens with zero attached hydrogens (tertiary/aromatic N) is 1. The second-order valence-corrected chi connectivity index (χ2v) is 3.07. The van der Waals surface area contributed by atoms with Crippen LogP contribution in [0.25, 0.3) is 0 Å². The molecule has 0 aromatic carbocycles. The van der Waals surface area contributed by atoms with E-state index in [9.17, 15) is 4.79 Å². The van der Waals surface area contributed by atoms with Crippen molar-refractivity contribution in [3.05, 3.63) is 0 Å². The molecule has 0 aromatic heterocycles. The Morgan fingerprint density at radius 1 is 1.67 bits per heavy atom. The number of carbonyl (C=O) groups is 1. The van der Waals surface area contributed by atoms with Crippen molar-refractivity contribution in [3.63, 3.8) is 0 Å². The van der Waals surface area contributed by atoms with Gasteiger partial charge in [-0.2, -0.15) is 0 Å². The van der Waals surface area contributed by atoms with Crippen LogP contribution in [0.15, 0.2) is 0 Å². The van der Waals surface area contributed by atoms with E-state index in [-0.39, 0.29) is 0 Å². The number of carbonyl (C=O) groups excluding carboxylic acids is 1. The van der Waals surface area contributed by atoms with Gasteiger partial charge < -0.3 is 4.90 Å². The van der Waals surface area contributed by atoms with Crippen molar-refractivity contribution in [2.45, 2.75) is 13.8 Å². The molecule has 2 heteroatoms. The smallest absolute Gasteiger partial charge is 0.227 e. The summed E-state index contributed by atoms with van der Waals surface area (Å²) in [6.07, 6.45) is 0. The molecule has 1 unspecified atom stereocenters. The number of amides is 1. The molecule has 52 valence electrons. The van der Waals surface area contributed by atoms with E-state index in [0.717, 1.165) is 6.54 Å². The van der Waals surface area contributed by atoms with E-state index in [0.29, 0.717) is 17.7 Å². The molecule has 1 heterocycles. The van der Waals surface area contributed by atoms with E-state index in [1.807, 2.05) is 7.05 Å². The quantitative estimate of drug-likeness (QED) is 0.475. The predicted octanol–water partition coefficient (Wildman–Crippen LogP) is 0.731. The first-order valence-electron chi connectivity index (χ1n) is 3.38. The minimum absolute atomic E-state index is 0.310. The molecule has 2 nitrogen and oxygen atoms in total. The van der Waals surface area contributed by atoms with Gasteiger partial charge in [0.1, 0.15) is 0 Å². The van der Waals surface area contributed by atoms with Gasteiger partial charge in [-0.3, -0.25) is 4.79 Å². The third-order valence-corrected chi connectivity index (χ3v) is 1.97. The minimum Gasteiger partial charge on any atom is -0.345 e. The van der Waals surface area contributed by atoms with E-state index in [1.165, 1.54) is 0 Å². The first-order chi connectivity index (χ1) is 4.13. The van der Waals surface area contributed by atoms with Gasteiger partial charge in [0.05, 0.1) is 5.92 Å². The maximum Gasteiger partial charge on any atom is 0.227 e.